The summed E-state index contributed by atoms with van der Waals surface area (Å²) in [6.45, 7) is 11.1. The largest absolute Gasteiger partial charge is 0.396 e. The number of carbonyl (C=O) groups excluding carboxylic acids is 1. The molecule has 17 heavy (non-hydrogen) atoms. The standard InChI is InChI=1S/C13H28N2O2/c1-6-13(7-2,10-16)9-14-11(17)8-15-12(3,4)5/h15-16H,6-10H2,1-5H3,(H,14,17). The Morgan fingerprint density at radius 1 is 1.18 bits per heavy atom. The summed E-state index contributed by atoms with van der Waals surface area (Å²) < 4.78 is 0. The Morgan fingerprint density at radius 3 is 2.06 bits per heavy atom. The molecular weight excluding hydrogens is 216 g/mol. The van der Waals surface area contributed by atoms with Crippen LogP contribution >= 0.6 is 0 Å². The molecule has 102 valence electrons. The average Bonchev–Trinajstić information content (AvgIpc) is 2.28. The van der Waals surface area contributed by atoms with Gasteiger partial charge in [-0.25, -0.2) is 0 Å². The van der Waals surface area contributed by atoms with Gasteiger partial charge in [-0.1, -0.05) is 13.8 Å². The van der Waals surface area contributed by atoms with Gasteiger partial charge < -0.3 is 15.7 Å². The summed E-state index contributed by atoms with van der Waals surface area (Å²) in [5.41, 5.74) is -0.224. The molecule has 1 amide bonds. The molecule has 0 radical (unpaired) electrons. The van der Waals surface area contributed by atoms with Gasteiger partial charge in [-0.2, -0.15) is 0 Å². The SMILES string of the molecule is CCC(CC)(CO)CNC(=O)CNC(C)(C)C. The molecular formula is C13H28N2O2. The Morgan fingerprint density at radius 2 is 1.71 bits per heavy atom. The number of hydrogen-bond donors (Lipinski definition) is 3. The minimum Gasteiger partial charge on any atom is -0.396 e. The van der Waals surface area contributed by atoms with Gasteiger partial charge in [-0.3, -0.25) is 4.79 Å². The van der Waals surface area contributed by atoms with Crippen molar-refractivity contribution in [3.05, 3.63) is 0 Å². The van der Waals surface area contributed by atoms with Gasteiger partial charge in [0.25, 0.3) is 0 Å². The summed E-state index contributed by atoms with van der Waals surface area (Å²) in [6, 6.07) is 0. The van der Waals surface area contributed by atoms with Crippen LogP contribution in [0.1, 0.15) is 47.5 Å². The Hall–Kier alpha value is -0.610. The summed E-state index contributed by atoms with van der Waals surface area (Å²) in [6.07, 6.45) is 1.74. The molecule has 4 heteroatoms. The number of carbonyl (C=O) groups is 1. The fraction of sp³-hybridized carbons (Fsp3) is 0.923. The lowest BCUT2D eigenvalue weighted by molar-refractivity contribution is -0.121. The van der Waals surface area contributed by atoms with Crippen molar-refractivity contribution in [3.8, 4) is 0 Å². The molecule has 0 rings (SSSR count). The highest BCUT2D eigenvalue weighted by molar-refractivity contribution is 5.78. The van der Waals surface area contributed by atoms with Crippen LogP contribution in [0.4, 0.5) is 0 Å². The van der Waals surface area contributed by atoms with E-state index in [4.69, 9.17) is 0 Å². The molecule has 0 aromatic carbocycles. The fourth-order valence-electron chi connectivity index (χ4n) is 1.47. The van der Waals surface area contributed by atoms with Crippen LogP contribution in [-0.2, 0) is 4.79 Å². The normalized spacial score (nSPS) is 12.6. The molecule has 0 atom stereocenters. The first-order chi connectivity index (χ1) is 7.78. The smallest absolute Gasteiger partial charge is 0.233 e. The van der Waals surface area contributed by atoms with Crippen molar-refractivity contribution in [2.75, 3.05) is 19.7 Å². The number of rotatable bonds is 7. The van der Waals surface area contributed by atoms with E-state index >= 15 is 0 Å². The lowest BCUT2D eigenvalue weighted by Crippen LogP contribution is -2.46. The molecule has 0 fully saturated rings. The maximum absolute atomic E-state index is 11.6. The number of hydrogen-bond acceptors (Lipinski definition) is 3. The molecule has 0 spiro atoms. The molecule has 0 aliphatic rings. The summed E-state index contributed by atoms with van der Waals surface area (Å²) in [7, 11) is 0. The van der Waals surface area contributed by atoms with Crippen LogP contribution in [0.2, 0.25) is 0 Å². The third-order valence-electron chi connectivity index (χ3n) is 3.28. The quantitative estimate of drug-likeness (QED) is 0.632. The van der Waals surface area contributed by atoms with Gasteiger partial charge in [-0.05, 0) is 33.6 Å². The number of amides is 1. The zero-order valence-corrected chi connectivity index (χ0v) is 11.9. The van der Waals surface area contributed by atoms with Crippen molar-refractivity contribution in [2.45, 2.75) is 53.0 Å². The Balaban J connectivity index is 4.06. The van der Waals surface area contributed by atoms with Gasteiger partial charge in [0.15, 0.2) is 0 Å². The van der Waals surface area contributed by atoms with Gasteiger partial charge in [-0.15, -0.1) is 0 Å². The van der Waals surface area contributed by atoms with Gasteiger partial charge >= 0.3 is 0 Å². The predicted molar refractivity (Wildman–Crippen MR) is 70.9 cm³/mol. The lowest BCUT2D eigenvalue weighted by atomic mass is 9.83. The molecule has 0 aliphatic carbocycles. The number of aliphatic hydroxyl groups excluding tert-OH is 1. The molecule has 0 saturated heterocycles. The first-order valence-corrected chi connectivity index (χ1v) is 6.41. The first-order valence-electron chi connectivity index (χ1n) is 6.41. The second-order valence-electron chi connectivity index (χ2n) is 5.75. The van der Waals surface area contributed by atoms with Crippen molar-refractivity contribution in [3.63, 3.8) is 0 Å². The minimum absolute atomic E-state index is 0.0142. The van der Waals surface area contributed by atoms with E-state index in [9.17, 15) is 9.90 Å². The van der Waals surface area contributed by atoms with Crippen molar-refractivity contribution >= 4 is 5.91 Å². The van der Waals surface area contributed by atoms with Crippen molar-refractivity contribution in [2.24, 2.45) is 5.41 Å². The summed E-state index contributed by atoms with van der Waals surface area (Å²) >= 11 is 0. The molecule has 0 heterocycles. The monoisotopic (exact) mass is 244 g/mol. The van der Waals surface area contributed by atoms with Gasteiger partial charge in [0.05, 0.1) is 13.2 Å². The second kappa shape index (κ2) is 6.97. The van der Waals surface area contributed by atoms with Crippen LogP contribution in [0, 0.1) is 5.41 Å². The summed E-state index contributed by atoms with van der Waals surface area (Å²) in [5, 5.41) is 15.4. The van der Waals surface area contributed by atoms with E-state index in [1.807, 2.05) is 34.6 Å². The van der Waals surface area contributed by atoms with Crippen LogP contribution in [0.3, 0.4) is 0 Å². The highest BCUT2D eigenvalue weighted by Crippen LogP contribution is 2.24. The van der Waals surface area contributed by atoms with Crippen molar-refractivity contribution < 1.29 is 9.90 Å². The van der Waals surface area contributed by atoms with Crippen molar-refractivity contribution in [1.29, 1.82) is 0 Å². The topological polar surface area (TPSA) is 61.4 Å². The molecule has 3 N–H and O–H groups in total. The maximum Gasteiger partial charge on any atom is 0.233 e. The number of nitrogens with one attached hydrogen (secondary N) is 2. The van der Waals surface area contributed by atoms with E-state index in [0.29, 0.717) is 13.1 Å². The van der Waals surface area contributed by atoms with E-state index in [2.05, 4.69) is 10.6 Å². The molecule has 0 saturated carbocycles. The van der Waals surface area contributed by atoms with E-state index in [1.54, 1.807) is 0 Å². The highest BCUT2D eigenvalue weighted by atomic mass is 16.3. The van der Waals surface area contributed by atoms with Gasteiger partial charge in [0, 0.05) is 17.5 Å². The third-order valence-corrected chi connectivity index (χ3v) is 3.28. The van der Waals surface area contributed by atoms with Crippen LogP contribution in [0.5, 0.6) is 0 Å². The van der Waals surface area contributed by atoms with E-state index in [0.717, 1.165) is 12.8 Å². The molecule has 0 aromatic heterocycles. The Kier molecular flexibility index (Phi) is 6.72. The molecule has 0 bridgehead atoms. The minimum atomic E-state index is -0.169. The van der Waals surface area contributed by atoms with Crippen LogP contribution in [0.25, 0.3) is 0 Å². The van der Waals surface area contributed by atoms with E-state index in [-0.39, 0.29) is 23.5 Å². The second-order valence-corrected chi connectivity index (χ2v) is 5.75. The van der Waals surface area contributed by atoms with Gasteiger partial charge in [0.2, 0.25) is 5.91 Å². The van der Waals surface area contributed by atoms with Crippen LogP contribution in [-0.4, -0.2) is 36.2 Å². The molecule has 0 aliphatic heterocycles. The van der Waals surface area contributed by atoms with E-state index in [1.165, 1.54) is 0 Å². The highest BCUT2D eigenvalue weighted by Gasteiger charge is 2.25. The molecule has 0 aromatic rings. The number of aliphatic hydroxyl groups is 1. The summed E-state index contributed by atoms with van der Waals surface area (Å²) in [5.74, 6) is -0.0142. The molecule has 4 nitrogen and oxygen atoms in total. The third kappa shape index (κ3) is 6.64. The van der Waals surface area contributed by atoms with Crippen LogP contribution in [0.15, 0.2) is 0 Å². The summed E-state index contributed by atoms with van der Waals surface area (Å²) in [4.78, 5) is 11.6. The fourth-order valence-corrected chi connectivity index (χ4v) is 1.47. The maximum atomic E-state index is 11.6. The van der Waals surface area contributed by atoms with Crippen LogP contribution < -0.4 is 10.6 Å². The predicted octanol–water partition coefficient (Wildman–Crippen LogP) is 1.29. The average molecular weight is 244 g/mol. The zero-order chi connectivity index (χ0) is 13.5. The Labute approximate surface area is 105 Å². The van der Waals surface area contributed by atoms with E-state index < -0.39 is 0 Å². The zero-order valence-electron chi connectivity index (χ0n) is 11.9. The lowest BCUT2D eigenvalue weighted by Gasteiger charge is -2.29. The van der Waals surface area contributed by atoms with Crippen molar-refractivity contribution in [1.82, 2.24) is 10.6 Å². The van der Waals surface area contributed by atoms with Gasteiger partial charge in [0.1, 0.15) is 0 Å². The molecule has 0 unspecified atom stereocenters. The Bertz CT molecular complexity index is 222. The first kappa shape index (κ1) is 16.4.